The molecule has 0 saturated heterocycles. The van der Waals surface area contributed by atoms with Crippen molar-refractivity contribution in [2.24, 2.45) is 0 Å². The molecule has 0 bridgehead atoms. The van der Waals surface area contributed by atoms with Gasteiger partial charge in [0.1, 0.15) is 23.1 Å². The van der Waals surface area contributed by atoms with E-state index in [-0.39, 0.29) is 10.0 Å². The van der Waals surface area contributed by atoms with Crippen molar-refractivity contribution >= 4 is 38.1 Å². The van der Waals surface area contributed by atoms with Gasteiger partial charge in [0.05, 0.1) is 10.6 Å². The Hall–Kier alpha value is -4.54. The number of para-hydroxylation sites is 1. The molecule has 0 atom stereocenters. The van der Waals surface area contributed by atoms with Crippen LogP contribution in [0.2, 0.25) is 0 Å². The molecule has 0 radical (unpaired) electrons. The Morgan fingerprint density at radius 3 is 2.00 bits per heavy atom. The summed E-state index contributed by atoms with van der Waals surface area (Å²) in [6, 6.07) is 33.2. The molecular weight excluding hydrogens is 520 g/mol. The molecule has 4 aromatic carbocycles. The highest BCUT2D eigenvalue weighted by Gasteiger charge is 2.27. The average Bonchev–Trinajstić information content (AvgIpc) is 3.42. The summed E-state index contributed by atoms with van der Waals surface area (Å²) in [5.41, 5.74) is 1.18. The number of anilines is 2. The van der Waals surface area contributed by atoms with Crippen molar-refractivity contribution in [3.63, 3.8) is 0 Å². The summed E-state index contributed by atoms with van der Waals surface area (Å²) in [5, 5.41) is 11.8. The Balaban J connectivity index is 1.38. The number of nitrogens with one attached hydrogen (secondary N) is 1. The van der Waals surface area contributed by atoms with Gasteiger partial charge in [-0.3, -0.25) is 14.4 Å². The van der Waals surface area contributed by atoms with Gasteiger partial charge in [0, 0.05) is 5.56 Å². The highest BCUT2D eigenvalue weighted by molar-refractivity contribution is 7.92. The van der Waals surface area contributed by atoms with E-state index in [0.29, 0.717) is 22.2 Å². The van der Waals surface area contributed by atoms with E-state index < -0.39 is 22.5 Å². The van der Waals surface area contributed by atoms with Crippen LogP contribution in [0, 0.1) is 0 Å². The van der Waals surface area contributed by atoms with Crippen molar-refractivity contribution in [3.8, 4) is 22.1 Å². The van der Waals surface area contributed by atoms with Crippen LogP contribution in [0.3, 0.4) is 0 Å². The SMILES string of the molecule is O=C(CN(c1ccc(Oc2ccccc2)cc1)S(=O)(=O)c1ccccc1)Nc1nnc(-c2ccccc2)s1. The molecule has 1 N–H and O–H groups in total. The van der Waals surface area contributed by atoms with E-state index in [1.807, 2.05) is 60.7 Å². The quantitative estimate of drug-likeness (QED) is 0.251. The molecule has 0 aliphatic carbocycles. The summed E-state index contributed by atoms with van der Waals surface area (Å²) >= 11 is 1.21. The fourth-order valence-corrected chi connectivity index (χ4v) is 5.81. The number of hydrogen-bond acceptors (Lipinski definition) is 7. The van der Waals surface area contributed by atoms with Gasteiger partial charge in [-0.15, -0.1) is 10.2 Å². The van der Waals surface area contributed by atoms with Crippen LogP contribution in [0.5, 0.6) is 11.5 Å². The Bertz CT molecular complexity index is 1610. The molecule has 190 valence electrons. The van der Waals surface area contributed by atoms with E-state index in [1.54, 1.807) is 42.5 Å². The molecule has 1 aromatic heterocycles. The summed E-state index contributed by atoms with van der Waals surface area (Å²) < 4.78 is 34.0. The topological polar surface area (TPSA) is 101 Å². The van der Waals surface area contributed by atoms with Crippen LogP contribution >= 0.6 is 11.3 Å². The fraction of sp³-hybridized carbons (Fsp3) is 0.0357. The fourth-order valence-electron chi connectivity index (χ4n) is 3.60. The third-order valence-corrected chi connectivity index (χ3v) is 8.09. The first-order valence-corrected chi connectivity index (χ1v) is 13.8. The third-order valence-electron chi connectivity index (χ3n) is 5.41. The molecule has 0 unspecified atom stereocenters. The number of benzene rings is 4. The number of rotatable bonds is 9. The minimum Gasteiger partial charge on any atom is -0.457 e. The zero-order valence-electron chi connectivity index (χ0n) is 20.0. The van der Waals surface area contributed by atoms with Crippen LogP contribution in [-0.2, 0) is 14.8 Å². The average molecular weight is 543 g/mol. The van der Waals surface area contributed by atoms with Crippen LogP contribution in [0.1, 0.15) is 0 Å². The van der Waals surface area contributed by atoms with Gasteiger partial charge in [-0.25, -0.2) is 8.42 Å². The summed E-state index contributed by atoms with van der Waals surface area (Å²) in [5.74, 6) is 0.633. The van der Waals surface area contributed by atoms with Crippen molar-refractivity contribution in [3.05, 3.63) is 115 Å². The number of ether oxygens (including phenoxy) is 1. The molecule has 8 nitrogen and oxygen atoms in total. The lowest BCUT2D eigenvalue weighted by atomic mass is 10.2. The Morgan fingerprint density at radius 1 is 0.763 bits per heavy atom. The van der Waals surface area contributed by atoms with Gasteiger partial charge in [-0.1, -0.05) is 78.1 Å². The van der Waals surface area contributed by atoms with E-state index in [9.17, 15) is 13.2 Å². The van der Waals surface area contributed by atoms with E-state index in [2.05, 4.69) is 15.5 Å². The first-order valence-electron chi connectivity index (χ1n) is 11.6. The maximum absolute atomic E-state index is 13.6. The summed E-state index contributed by atoms with van der Waals surface area (Å²) in [4.78, 5) is 13.1. The number of nitrogens with zero attached hydrogens (tertiary/aromatic N) is 3. The third kappa shape index (κ3) is 5.88. The number of amides is 1. The molecule has 0 aliphatic rings. The number of sulfonamides is 1. The molecule has 0 fully saturated rings. The standard InChI is InChI=1S/C28H22N4O4S2/c33-26(29-28-31-30-27(37-28)21-10-4-1-5-11-21)20-32(38(34,35)25-14-8-3-9-15-25)22-16-18-24(19-17-22)36-23-12-6-2-7-13-23/h1-19H,20H2,(H,29,31,33). The second kappa shape index (κ2) is 11.2. The lowest BCUT2D eigenvalue weighted by molar-refractivity contribution is -0.114. The Labute approximate surface area is 224 Å². The number of hydrogen-bond donors (Lipinski definition) is 1. The predicted molar refractivity (Wildman–Crippen MR) is 148 cm³/mol. The first-order chi connectivity index (χ1) is 18.5. The van der Waals surface area contributed by atoms with Crippen LogP contribution in [0.4, 0.5) is 10.8 Å². The molecule has 0 aliphatic heterocycles. The van der Waals surface area contributed by atoms with Crippen molar-refractivity contribution in [2.75, 3.05) is 16.2 Å². The zero-order valence-corrected chi connectivity index (χ0v) is 21.6. The maximum atomic E-state index is 13.6. The highest BCUT2D eigenvalue weighted by Crippen LogP contribution is 2.29. The van der Waals surface area contributed by atoms with Crippen molar-refractivity contribution in [2.45, 2.75) is 4.90 Å². The smallest absolute Gasteiger partial charge is 0.264 e. The summed E-state index contributed by atoms with van der Waals surface area (Å²) in [7, 11) is -4.05. The molecule has 0 saturated carbocycles. The summed E-state index contributed by atoms with van der Waals surface area (Å²) in [6.45, 7) is -0.462. The monoisotopic (exact) mass is 542 g/mol. The van der Waals surface area contributed by atoms with E-state index in [1.165, 1.54) is 23.5 Å². The van der Waals surface area contributed by atoms with Gasteiger partial charge < -0.3 is 4.74 Å². The summed E-state index contributed by atoms with van der Waals surface area (Å²) in [6.07, 6.45) is 0. The zero-order chi connectivity index (χ0) is 26.4. The van der Waals surface area contributed by atoms with Gasteiger partial charge in [0.2, 0.25) is 11.0 Å². The molecule has 5 aromatic rings. The number of carbonyl (C=O) groups excluding carboxylic acids is 1. The first kappa shape index (κ1) is 25.1. The van der Waals surface area contributed by atoms with Crippen molar-refractivity contribution in [1.82, 2.24) is 10.2 Å². The highest BCUT2D eigenvalue weighted by atomic mass is 32.2. The minimum atomic E-state index is -4.05. The van der Waals surface area contributed by atoms with Gasteiger partial charge in [0.25, 0.3) is 10.0 Å². The van der Waals surface area contributed by atoms with Gasteiger partial charge in [0.15, 0.2) is 0 Å². The van der Waals surface area contributed by atoms with Gasteiger partial charge in [-0.2, -0.15) is 0 Å². The predicted octanol–water partition coefficient (Wildman–Crippen LogP) is 5.83. The second-order valence-corrected chi connectivity index (χ2v) is 10.9. The number of carbonyl (C=O) groups is 1. The van der Waals surface area contributed by atoms with E-state index in [4.69, 9.17) is 4.74 Å². The van der Waals surface area contributed by atoms with E-state index >= 15 is 0 Å². The number of aromatic nitrogens is 2. The lowest BCUT2D eigenvalue weighted by Gasteiger charge is -2.24. The normalized spacial score (nSPS) is 11.1. The molecule has 10 heteroatoms. The van der Waals surface area contributed by atoms with Crippen LogP contribution in [0.15, 0.2) is 120 Å². The molecule has 1 heterocycles. The minimum absolute atomic E-state index is 0.0692. The van der Waals surface area contributed by atoms with Crippen molar-refractivity contribution in [1.29, 1.82) is 0 Å². The molecule has 5 rings (SSSR count). The van der Waals surface area contributed by atoms with Crippen molar-refractivity contribution < 1.29 is 17.9 Å². The maximum Gasteiger partial charge on any atom is 0.264 e. The molecular formula is C28H22N4O4S2. The van der Waals surface area contributed by atoms with Crippen LogP contribution in [-0.4, -0.2) is 31.1 Å². The van der Waals surface area contributed by atoms with Crippen LogP contribution in [0.25, 0.3) is 10.6 Å². The largest absolute Gasteiger partial charge is 0.457 e. The van der Waals surface area contributed by atoms with Gasteiger partial charge in [-0.05, 0) is 48.5 Å². The molecule has 0 spiro atoms. The second-order valence-electron chi connectivity index (χ2n) is 8.06. The van der Waals surface area contributed by atoms with Crippen LogP contribution < -0.4 is 14.4 Å². The molecule has 38 heavy (non-hydrogen) atoms. The lowest BCUT2D eigenvalue weighted by Crippen LogP contribution is -2.38. The van der Waals surface area contributed by atoms with Gasteiger partial charge >= 0.3 is 0 Å². The Kier molecular flexibility index (Phi) is 7.43. The molecule has 1 amide bonds. The Morgan fingerprint density at radius 2 is 1.34 bits per heavy atom. The van der Waals surface area contributed by atoms with E-state index in [0.717, 1.165) is 9.87 Å².